The second-order valence-electron chi connectivity index (χ2n) is 5.73. The molecule has 0 atom stereocenters. The van der Waals surface area contributed by atoms with E-state index in [2.05, 4.69) is 67.0 Å². The van der Waals surface area contributed by atoms with Crippen molar-refractivity contribution in [3.63, 3.8) is 0 Å². The molecule has 2 aromatic carbocycles. The van der Waals surface area contributed by atoms with Gasteiger partial charge in [0.25, 0.3) is 0 Å². The molecule has 0 aromatic heterocycles. The Kier molecular flexibility index (Phi) is 8.06. The summed E-state index contributed by atoms with van der Waals surface area (Å²) in [5, 5.41) is 2.59. The highest BCUT2D eigenvalue weighted by atomic mass is 32.2. The van der Waals surface area contributed by atoms with Gasteiger partial charge in [0.15, 0.2) is 0 Å². The van der Waals surface area contributed by atoms with E-state index in [9.17, 15) is 0 Å². The Bertz CT molecular complexity index is 782. The van der Waals surface area contributed by atoms with E-state index in [4.69, 9.17) is 5.73 Å². The maximum atomic E-state index is 6.08. The summed E-state index contributed by atoms with van der Waals surface area (Å²) in [6.45, 7) is 6.61. The highest BCUT2D eigenvalue weighted by molar-refractivity contribution is 8.02. The summed E-state index contributed by atoms with van der Waals surface area (Å²) in [5.41, 5.74) is 7.41. The third kappa shape index (κ3) is 6.28. The van der Waals surface area contributed by atoms with E-state index in [0.717, 1.165) is 18.7 Å². The Morgan fingerprint density at radius 2 is 1.96 bits per heavy atom. The number of aliphatic imine (C=N–C) groups is 1. The fourth-order valence-electron chi connectivity index (χ4n) is 2.48. The Morgan fingerprint density at radius 1 is 1.16 bits per heavy atom. The summed E-state index contributed by atoms with van der Waals surface area (Å²) in [6.07, 6.45) is 9.52. The summed E-state index contributed by atoms with van der Waals surface area (Å²) in [4.78, 5) is 5.62. The minimum Gasteiger partial charge on any atom is -0.387 e. The van der Waals surface area contributed by atoms with Crippen LogP contribution < -0.4 is 5.73 Å². The average molecular weight is 351 g/mol. The number of hydrogen-bond acceptors (Lipinski definition) is 2. The van der Waals surface area contributed by atoms with Crippen molar-refractivity contribution in [2.24, 2.45) is 10.7 Å². The van der Waals surface area contributed by atoms with E-state index in [-0.39, 0.29) is 0 Å². The molecule has 2 nitrogen and oxygen atoms in total. The summed E-state index contributed by atoms with van der Waals surface area (Å²) in [7, 11) is 0. The number of hydrogen-bond donors (Lipinski definition) is 1. The van der Waals surface area contributed by atoms with E-state index in [1.807, 2.05) is 23.9 Å². The van der Waals surface area contributed by atoms with Crippen LogP contribution >= 0.6 is 11.8 Å². The number of fused-ring (bicyclic) bond motifs is 1. The first-order valence-electron chi connectivity index (χ1n) is 8.61. The van der Waals surface area contributed by atoms with Crippen LogP contribution in [0, 0.1) is 0 Å². The molecule has 3 heteroatoms. The monoisotopic (exact) mass is 350 g/mol. The number of nitrogens with zero attached hydrogens (tertiary/aromatic N) is 1. The smallest absolute Gasteiger partial charge is 0.0986 e. The summed E-state index contributed by atoms with van der Waals surface area (Å²) < 4.78 is 0. The Labute approximate surface area is 155 Å². The van der Waals surface area contributed by atoms with Gasteiger partial charge in [0.1, 0.15) is 0 Å². The van der Waals surface area contributed by atoms with Gasteiger partial charge in [0, 0.05) is 18.7 Å². The zero-order valence-corrected chi connectivity index (χ0v) is 15.6. The van der Waals surface area contributed by atoms with Crippen molar-refractivity contribution >= 4 is 28.4 Å². The number of allylic oxidation sites excluding steroid dienone is 4. The predicted molar refractivity (Wildman–Crippen MR) is 114 cm³/mol. The highest BCUT2D eigenvalue weighted by Crippen LogP contribution is 2.28. The fourth-order valence-corrected chi connectivity index (χ4v) is 3.50. The van der Waals surface area contributed by atoms with Crippen LogP contribution in [0.2, 0.25) is 0 Å². The lowest BCUT2D eigenvalue weighted by molar-refractivity contribution is 0.925. The van der Waals surface area contributed by atoms with Crippen LogP contribution in [-0.4, -0.2) is 12.4 Å². The zero-order chi connectivity index (χ0) is 17.9. The Balaban J connectivity index is 2.14. The fraction of sp³-hybridized carbons (Fsp3) is 0.227. The third-order valence-electron chi connectivity index (χ3n) is 3.72. The molecule has 2 rings (SSSR count). The van der Waals surface area contributed by atoms with Gasteiger partial charge in [-0.05, 0) is 27.7 Å². The predicted octanol–water partition coefficient (Wildman–Crippen LogP) is 5.86. The van der Waals surface area contributed by atoms with E-state index in [1.165, 1.54) is 21.2 Å². The molecule has 0 unspecified atom stereocenters. The molecule has 0 amide bonds. The Hall–Kier alpha value is -2.26. The summed E-state index contributed by atoms with van der Waals surface area (Å²) in [5.74, 6) is 1.61. The minimum absolute atomic E-state index is 0.691. The molecule has 0 heterocycles. The van der Waals surface area contributed by atoms with Gasteiger partial charge < -0.3 is 5.73 Å². The molecule has 0 saturated carbocycles. The van der Waals surface area contributed by atoms with E-state index < -0.39 is 0 Å². The summed E-state index contributed by atoms with van der Waals surface area (Å²) >= 11 is 1.82. The maximum absolute atomic E-state index is 6.08. The van der Waals surface area contributed by atoms with E-state index >= 15 is 0 Å². The molecule has 25 heavy (non-hydrogen) atoms. The SMILES string of the molecule is C=C/C=C\C=C(/CC(N)=NCCC)SCc1cccc2ccccc12. The van der Waals surface area contributed by atoms with Crippen molar-refractivity contribution in [2.45, 2.75) is 25.5 Å². The van der Waals surface area contributed by atoms with Crippen molar-refractivity contribution in [3.8, 4) is 0 Å². The standard InChI is InChI=1S/C22H26N2S/c1-3-5-6-13-20(16-22(23)24-15-4-2)25-17-19-12-9-11-18-10-7-8-14-21(18)19/h3,5-14H,1,4,15-17H2,2H3,(H2,23,24)/b6-5-,20-13+. The molecule has 0 saturated heterocycles. The molecule has 0 fully saturated rings. The van der Waals surface area contributed by atoms with Crippen molar-refractivity contribution < 1.29 is 0 Å². The van der Waals surface area contributed by atoms with Gasteiger partial charge in [-0.25, -0.2) is 0 Å². The van der Waals surface area contributed by atoms with Crippen LogP contribution in [-0.2, 0) is 5.75 Å². The van der Waals surface area contributed by atoms with Crippen LogP contribution in [0.4, 0.5) is 0 Å². The number of thioether (sulfide) groups is 1. The van der Waals surface area contributed by atoms with E-state index in [0.29, 0.717) is 12.3 Å². The Morgan fingerprint density at radius 3 is 2.76 bits per heavy atom. The average Bonchev–Trinajstić information content (AvgIpc) is 2.64. The first kappa shape index (κ1) is 19.1. The highest BCUT2D eigenvalue weighted by Gasteiger charge is 2.05. The molecule has 0 aliphatic rings. The first-order chi connectivity index (χ1) is 12.2. The number of rotatable bonds is 9. The molecular weight excluding hydrogens is 324 g/mol. The second kappa shape index (κ2) is 10.6. The van der Waals surface area contributed by atoms with Crippen molar-refractivity contribution in [1.29, 1.82) is 0 Å². The van der Waals surface area contributed by atoms with Crippen LogP contribution in [0.15, 0.2) is 83.2 Å². The number of benzene rings is 2. The molecule has 130 valence electrons. The molecule has 0 spiro atoms. The van der Waals surface area contributed by atoms with Crippen molar-refractivity contribution in [1.82, 2.24) is 0 Å². The topological polar surface area (TPSA) is 38.4 Å². The van der Waals surface area contributed by atoms with Gasteiger partial charge in [0.2, 0.25) is 0 Å². The third-order valence-corrected chi connectivity index (χ3v) is 4.82. The molecule has 0 aliphatic carbocycles. The zero-order valence-electron chi connectivity index (χ0n) is 14.8. The van der Waals surface area contributed by atoms with E-state index in [1.54, 1.807) is 6.08 Å². The molecule has 2 aromatic rings. The molecule has 2 N–H and O–H groups in total. The van der Waals surface area contributed by atoms with Gasteiger partial charge in [-0.1, -0.05) is 80.3 Å². The lowest BCUT2D eigenvalue weighted by atomic mass is 10.1. The van der Waals surface area contributed by atoms with Crippen molar-refractivity contribution in [3.05, 3.63) is 83.8 Å². The van der Waals surface area contributed by atoms with Gasteiger partial charge in [-0.2, -0.15) is 0 Å². The van der Waals surface area contributed by atoms with Gasteiger partial charge >= 0.3 is 0 Å². The normalized spacial score (nSPS) is 12.8. The quantitative estimate of drug-likeness (QED) is 0.350. The molecule has 0 aliphatic heterocycles. The maximum Gasteiger partial charge on any atom is 0.0986 e. The lowest BCUT2D eigenvalue weighted by Gasteiger charge is -2.09. The summed E-state index contributed by atoms with van der Waals surface area (Å²) in [6, 6.07) is 15.0. The molecular formula is C22H26N2S. The molecule has 0 bridgehead atoms. The van der Waals surface area contributed by atoms with Gasteiger partial charge in [0.05, 0.1) is 5.84 Å². The van der Waals surface area contributed by atoms with Crippen LogP contribution in [0.1, 0.15) is 25.3 Å². The van der Waals surface area contributed by atoms with Gasteiger partial charge in [-0.15, -0.1) is 11.8 Å². The molecule has 0 radical (unpaired) electrons. The number of amidine groups is 1. The number of nitrogens with two attached hydrogens (primary N) is 1. The van der Waals surface area contributed by atoms with Crippen LogP contribution in [0.25, 0.3) is 10.8 Å². The largest absolute Gasteiger partial charge is 0.387 e. The van der Waals surface area contributed by atoms with Crippen LogP contribution in [0.5, 0.6) is 0 Å². The first-order valence-corrected chi connectivity index (χ1v) is 9.59. The second-order valence-corrected chi connectivity index (χ2v) is 6.83. The van der Waals surface area contributed by atoms with Gasteiger partial charge in [-0.3, -0.25) is 4.99 Å². The van der Waals surface area contributed by atoms with Crippen LogP contribution in [0.3, 0.4) is 0 Å². The lowest BCUT2D eigenvalue weighted by Crippen LogP contribution is -2.12. The van der Waals surface area contributed by atoms with Crippen molar-refractivity contribution in [2.75, 3.05) is 6.54 Å². The minimum atomic E-state index is 0.691.